The molecule has 0 spiro atoms. The van der Waals surface area contributed by atoms with Gasteiger partial charge < -0.3 is 37.9 Å². The minimum absolute atomic E-state index is 0.00236. The number of hydrogen-bond acceptors (Lipinski definition) is 12. The van der Waals surface area contributed by atoms with Crippen LogP contribution in [-0.2, 0) is 47.6 Å². The van der Waals surface area contributed by atoms with Gasteiger partial charge in [0.25, 0.3) is 0 Å². The second-order valence-electron chi connectivity index (χ2n) is 11.2. The van der Waals surface area contributed by atoms with Gasteiger partial charge in [0.15, 0.2) is 23.0 Å². The fourth-order valence-corrected chi connectivity index (χ4v) is 6.04. The van der Waals surface area contributed by atoms with E-state index in [2.05, 4.69) is 0 Å². The summed E-state index contributed by atoms with van der Waals surface area (Å²) in [5.41, 5.74) is 1.56. The zero-order valence-electron chi connectivity index (χ0n) is 29.0. The smallest absolute Gasteiger partial charge is 0.348 e. The van der Waals surface area contributed by atoms with Gasteiger partial charge in [0.1, 0.15) is 33.8 Å². The molecule has 0 radical (unpaired) electrons. The molecule has 0 saturated carbocycles. The van der Waals surface area contributed by atoms with E-state index in [1.54, 1.807) is 78.9 Å². The molecular weight excluding hydrogens is 672 g/mol. The SMILES string of the molecule is COC(=O)/C(=C1/OC(=O)C(c2ccc3cccc(C4=C(OC)/C(=C(\C(=O)OC)c5ccc(OC)cc5)OC4=O)c3c2)=C1OC)c1ccc(OC)cc1. The van der Waals surface area contributed by atoms with Gasteiger partial charge in [0.2, 0.25) is 0 Å². The molecule has 0 N–H and O–H groups in total. The maximum absolute atomic E-state index is 13.7. The second-order valence-corrected chi connectivity index (χ2v) is 11.2. The van der Waals surface area contributed by atoms with Gasteiger partial charge >= 0.3 is 23.9 Å². The monoisotopic (exact) mass is 704 g/mol. The predicted octanol–water partition coefficient (Wildman–Crippen LogP) is 5.85. The van der Waals surface area contributed by atoms with E-state index in [1.807, 2.05) is 6.07 Å². The lowest BCUT2D eigenvalue weighted by Crippen LogP contribution is -2.09. The lowest BCUT2D eigenvalue weighted by atomic mass is 9.93. The van der Waals surface area contributed by atoms with Crippen LogP contribution in [0.3, 0.4) is 0 Å². The van der Waals surface area contributed by atoms with Gasteiger partial charge in [-0.25, -0.2) is 19.2 Å². The molecule has 52 heavy (non-hydrogen) atoms. The van der Waals surface area contributed by atoms with Gasteiger partial charge in [-0.15, -0.1) is 0 Å². The van der Waals surface area contributed by atoms with Crippen molar-refractivity contribution in [2.75, 3.05) is 42.7 Å². The summed E-state index contributed by atoms with van der Waals surface area (Å²) in [5, 5.41) is 1.23. The summed E-state index contributed by atoms with van der Waals surface area (Å²) in [6, 6.07) is 23.5. The van der Waals surface area contributed by atoms with Crippen molar-refractivity contribution in [2.24, 2.45) is 0 Å². The molecular formula is C40H32O12. The predicted molar refractivity (Wildman–Crippen MR) is 188 cm³/mol. The van der Waals surface area contributed by atoms with E-state index >= 15 is 0 Å². The van der Waals surface area contributed by atoms with Crippen LogP contribution in [0.1, 0.15) is 22.3 Å². The van der Waals surface area contributed by atoms with E-state index in [9.17, 15) is 19.2 Å². The van der Waals surface area contributed by atoms with E-state index in [4.69, 9.17) is 37.9 Å². The third-order valence-electron chi connectivity index (χ3n) is 8.50. The van der Waals surface area contributed by atoms with Crippen LogP contribution in [0.2, 0.25) is 0 Å². The Kier molecular flexibility index (Phi) is 9.82. The minimum Gasteiger partial charge on any atom is -0.497 e. The van der Waals surface area contributed by atoms with Crippen LogP contribution in [0, 0.1) is 0 Å². The molecule has 0 aliphatic carbocycles. The van der Waals surface area contributed by atoms with E-state index in [-0.39, 0.29) is 45.3 Å². The van der Waals surface area contributed by atoms with E-state index in [1.165, 1.54) is 42.7 Å². The number of methoxy groups -OCH3 is 6. The van der Waals surface area contributed by atoms with Crippen LogP contribution in [-0.4, -0.2) is 66.5 Å². The van der Waals surface area contributed by atoms with Crippen LogP contribution < -0.4 is 9.47 Å². The van der Waals surface area contributed by atoms with Crippen molar-refractivity contribution in [1.29, 1.82) is 0 Å². The first-order valence-corrected chi connectivity index (χ1v) is 15.7. The van der Waals surface area contributed by atoms with Crippen LogP contribution in [0.25, 0.3) is 33.1 Å². The summed E-state index contributed by atoms with van der Waals surface area (Å²) < 4.78 is 43.5. The van der Waals surface area contributed by atoms with Gasteiger partial charge in [-0.05, 0) is 57.8 Å². The molecule has 0 saturated heterocycles. The molecule has 2 aliphatic rings. The van der Waals surface area contributed by atoms with Gasteiger partial charge in [-0.1, -0.05) is 54.6 Å². The molecule has 0 bridgehead atoms. The summed E-state index contributed by atoms with van der Waals surface area (Å²) in [4.78, 5) is 53.5. The molecule has 6 rings (SSSR count). The Morgan fingerprint density at radius 3 is 1.48 bits per heavy atom. The third kappa shape index (κ3) is 6.10. The first kappa shape index (κ1) is 35.0. The molecule has 2 aliphatic heterocycles. The summed E-state index contributed by atoms with van der Waals surface area (Å²) in [6.45, 7) is 0. The molecule has 12 nitrogen and oxygen atoms in total. The summed E-state index contributed by atoms with van der Waals surface area (Å²) in [7, 11) is 8.17. The highest BCUT2D eigenvalue weighted by atomic mass is 16.6. The molecule has 0 unspecified atom stereocenters. The zero-order valence-corrected chi connectivity index (χ0v) is 29.0. The highest BCUT2D eigenvalue weighted by molar-refractivity contribution is 6.28. The van der Waals surface area contributed by atoms with Crippen molar-refractivity contribution in [3.05, 3.63) is 130 Å². The van der Waals surface area contributed by atoms with Gasteiger partial charge in [0, 0.05) is 5.56 Å². The Hall–Kier alpha value is -6.82. The van der Waals surface area contributed by atoms with Crippen molar-refractivity contribution in [3.8, 4) is 11.5 Å². The van der Waals surface area contributed by atoms with Gasteiger partial charge in [-0.3, -0.25) is 0 Å². The maximum atomic E-state index is 13.7. The number of rotatable bonds is 10. The number of fused-ring (bicyclic) bond motifs is 1. The average Bonchev–Trinajstić information content (AvgIpc) is 3.69. The Bertz CT molecular complexity index is 2250. The fourth-order valence-electron chi connectivity index (χ4n) is 6.04. The standard InChI is InChI=1S/C40H32O12/c1-45-25-16-12-22(13-17-25)29(37(41)49-5)35-33(47-3)31(39(43)51-35)24-11-10-21-8-7-9-27(28(21)20-24)32-34(48-4)36(52-40(32)44)30(38(42)50-6)23-14-18-26(46-2)19-15-23/h7-20H,1-6H3/b35-29+,36-30+. The normalized spacial score (nSPS) is 16.0. The van der Waals surface area contributed by atoms with Crippen LogP contribution in [0.15, 0.2) is 108 Å². The van der Waals surface area contributed by atoms with Crippen LogP contribution >= 0.6 is 0 Å². The Morgan fingerprint density at radius 2 is 1.02 bits per heavy atom. The quantitative estimate of drug-likeness (QED) is 0.111. The van der Waals surface area contributed by atoms with Crippen molar-refractivity contribution >= 4 is 56.9 Å². The summed E-state index contributed by atoms with van der Waals surface area (Å²) in [6.07, 6.45) is 0. The molecule has 12 heteroatoms. The highest BCUT2D eigenvalue weighted by Crippen LogP contribution is 2.43. The Labute approximate surface area is 298 Å². The van der Waals surface area contributed by atoms with Crippen molar-refractivity contribution in [3.63, 3.8) is 0 Å². The van der Waals surface area contributed by atoms with Crippen LogP contribution in [0.5, 0.6) is 11.5 Å². The first-order chi connectivity index (χ1) is 25.2. The second kappa shape index (κ2) is 14.6. The molecule has 0 fully saturated rings. The lowest BCUT2D eigenvalue weighted by molar-refractivity contribution is -0.135. The van der Waals surface area contributed by atoms with E-state index < -0.39 is 23.9 Å². The molecule has 0 atom stereocenters. The molecule has 0 amide bonds. The number of carbonyl (C=O) groups is 4. The largest absolute Gasteiger partial charge is 0.497 e. The Balaban J connectivity index is 1.55. The molecule has 2 heterocycles. The molecule has 264 valence electrons. The van der Waals surface area contributed by atoms with E-state index in [0.29, 0.717) is 44.5 Å². The number of hydrogen-bond donors (Lipinski definition) is 0. The molecule has 4 aromatic carbocycles. The molecule has 4 aromatic rings. The number of cyclic esters (lactones) is 2. The minimum atomic E-state index is -0.775. The maximum Gasteiger partial charge on any atom is 0.348 e. The number of carbonyl (C=O) groups excluding carboxylic acids is 4. The third-order valence-corrected chi connectivity index (χ3v) is 8.50. The van der Waals surface area contributed by atoms with Crippen LogP contribution in [0.4, 0.5) is 0 Å². The number of ether oxygens (including phenoxy) is 8. The number of esters is 4. The lowest BCUT2D eigenvalue weighted by Gasteiger charge is -2.12. The van der Waals surface area contributed by atoms with Crippen molar-refractivity contribution in [2.45, 2.75) is 0 Å². The summed E-state index contributed by atoms with van der Waals surface area (Å²) >= 11 is 0. The van der Waals surface area contributed by atoms with Crippen molar-refractivity contribution in [1.82, 2.24) is 0 Å². The van der Waals surface area contributed by atoms with Gasteiger partial charge in [0.05, 0.1) is 42.7 Å². The fraction of sp³-hybridized carbons (Fsp3) is 0.150. The Morgan fingerprint density at radius 1 is 0.538 bits per heavy atom. The van der Waals surface area contributed by atoms with Crippen molar-refractivity contribution < 1.29 is 57.1 Å². The zero-order chi connectivity index (χ0) is 37.1. The van der Waals surface area contributed by atoms with E-state index in [0.717, 1.165) is 0 Å². The average molecular weight is 705 g/mol. The highest BCUT2D eigenvalue weighted by Gasteiger charge is 2.40. The van der Waals surface area contributed by atoms with Gasteiger partial charge in [-0.2, -0.15) is 0 Å². The first-order valence-electron chi connectivity index (χ1n) is 15.7. The summed E-state index contributed by atoms with van der Waals surface area (Å²) in [5.74, 6) is -2.20. The number of benzene rings is 4. The molecule has 0 aromatic heterocycles. The topological polar surface area (TPSA) is 142 Å².